The van der Waals surface area contributed by atoms with Crippen LogP contribution in [0.4, 0.5) is 19.4 Å². The minimum Gasteiger partial charge on any atom is -0.354 e. The molecule has 0 saturated carbocycles. The second-order valence-corrected chi connectivity index (χ2v) is 10.6. The molecule has 3 heterocycles. The summed E-state index contributed by atoms with van der Waals surface area (Å²) < 4.78 is 61.0. The lowest BCUT2D eigenvalue weighted by Gasteiger charge is -2.18. The van der Waals surface area contributed by atoms with Gasteiger partial charge >= 0.3 is 6.03 Å². The Morgan fingerprint density at radius 1 is 1.24 bits per heavy atom. The fraction of sp³-hybridized carbons (Fsp3) is 0.333. The van der Waals surface area contributed by atoms with E-state index in [0.29, 0.717) is 6.42 Å². The first-order valence-corrected chi connectivity index (χ1v) is 12.3. The van der Waals surface area contributed by atoms with E-state index in [2.05, 4.69) is 9.88 Å². The van der Waals surface area contributed by atoms with Gasteiger partial charge in [0.2, 0.25) is 10.0 Å². The van der Waals surface area contributed by atoms with E-state index in [0.717, 1.165) is 12.1 Å². The molecule has 12 heteroatoms. The summed E-state index contributed by atoms with van der Waals surface area (Å²) in [7, 11) is -3.40. The van der Waals surface area contributed by atoms with Crippen molar-refractivity contribution in [1.82, 2.24) is 14.8 Å². The van der Waals surface area contributed by atoms with E-state index in [9.17, 15) is 22.0 Å². The molecule has 0 unspecified atom stereocenters. The van der Waals surface area contributed by atoms with Crippen LogP contribution in [0.25, 0.3) is 22.1 Å². The Hall–Kier alpha value is -2.76. The number of carbonyl (C=O) groups excluding carboxylic acids is 1. The quantitative estimate of drug-likeness (QED) is 0.580. The maximum atomic E-state index is 14.6. The standard InChI is InChI=1S/C21H19ClF2N4O4S/c1-2-33(30,31)26-12-8-13-10-28(21(29)27(13)9-12)20-19-14(6-11(22)7-17(19)32-25-20)18-15(23)4-3-5-16(18)24/h3-7,12-13,26H,2,8-10H2,1H3/t12-,13-/m0/s1. The molecule has 0 bridgehead atoms. The number of nitrogens with zero attached hydrogens (tertiary/aromatic N) is 3. The summed E-state index contributed by atoms with van der Waals surface area (Å²) in [4.78, 5) is 16.1. The van der Waals surface area contributed by atoms with E-state index in [-0.39, 0.29) is 69.9 Å². The lowest BCUT2D eigenvalue weighted by atomic mass is 10.00. The topological polar surface area (TPSA) is 95.7 Å². The van der Waals surface area contributed by atoms with E-state index >= 15 is 0 Å². The number of anilines is 1. The molecule has 2 aliphatic rings. The van der Waals surface area contributed by atoms with Crippen LogP contribution in [-0.4, -0.2) is 55.4 Å². The van der Waals surface area contributed by atoms with E-state index < -0.39 is 21.7 Å². The summed E-state index contributed by atoms with van der Waals surface area (Å²) in [5.74, 6) is -1.49. The minimum atomic E-state index is -3.40. The van der Waals surface area contributed by atoms with Crippen molar-refractivity contribution >= 4 is 44.4 Å². The van der Waals surface area contributed by atoms with E-state index in [4.69, 9.17) is 16.1 Å². The summed E-state index contributed by atoms with van der Waals surface area (Å²) in [6, 6.07) is 5.39. The molecule has 2 atom stereocenters. The summed E-state index contributed by atoms with van der Waals surface area (Å²) in [5, 5.41) is 4.48. The number of benzene rings is 2. The Bertz CT molecular complexity index is 1360. The predicted octanol–water partition coefficient (Wildman–Crippen LogP) is 3.75. The number of amides is 2. The Morgan fingerprint density at radius 2 is 1.97 bits per heavy atom. The van der Waals surface area contributed by atoms with Gasteiger partial charge in [-0.3, -0.25) is 4.90 Å². The number of hydrogen-bond donors (Lipinski definition) is 1. The highest BCUT2D eigenvalue weighted by Crippen LogP contribution is 2.42. The van der Waals surface area contributed by atoms with Gasteiger partial charge in [0.15, 0.2) is 11.4 Å². The Balaban J connectivity index is 1.52. The number of rotatable bonds is 5. The van der Waals surface area contributed by atoms with Crippen molar-refractivity contribution in [2.45, 2.75) is 25.4 Å². The third kappa shape index (κ3) is 3.73. The number of nitrogens with one attached hydrogen (secondary N) is 1. The molecule has 0 aliphatic carbocycles. The van der Waals surface area contributed by atoms with Gasteiger partial charge in [-0.15, -0.1) is 0 Å². The van der Waals surface area contributed by atoms with E-state index in [1.807, 2.05) is 0 Å². The molecule has 2 saturated heterocycles. The van der Waals surface area contributed by atoms with Crippen LogP contribution in [0.2, 0.25) is 5.02 Å². The monoisotopic (exact) mass is 496 g/mol. The maximum absolute atomic E-state index is 14.6. The van der Waals surface area contributed by atoms with Crippen LogP contribution in [0.1, 0.15) is 13.3 Å². The highest BCUT2D eigenvalue weighted by Gasteiger charge is 2.46. The minimum absolute atomic E-state index is 0.0445. The van der Waals surface area contributed by atoms with Gasteiger partial charge in [-0.05, 0) is 31.5 Å². The number of fused-ring (bicyclic) bond motifs is 2. The number of halogens is 3. The summed E-state index contributed by atoms with van der Waals surface area (Å²) in [5.41, 5.74) is 0.0111. The van der Waals surface area contributed by atoms with Crippen molar-refractivity contribution < 1.29 is 26.5 Å². The van der Waals surface area contributed by atoms with Gasteiger partial charge in [-0.2, -0.15) is 0 Å². The molecule has 2 aliphatic heterocycles. The number of aromatic nitrogens is 1. The zero-order valence-corrected chi connectivity index (χ0v) is 19.0. The third-order valence-electron chi connectivity index (χ3n) is 6.02. The molecule has 0 spiro atoms. The van der Waals surface area contributed by atoms with Crippen molar-refractivity contribution in [3.63, 3.8) is 0 Å². The molecule has 5 rings (SSSR count). The number of carbonyl (C=O) groups is 1. The third-order valence-corrected chi connectivity index (χ3v) is 7.69. The Labute approximate surface area is 193 Å². The SMILES string of the molecule is CCS(=O)(=O)N[C@H]1C[C@H]2CN(c3noc4cc(Cl)cc(-c5c(F)cccc5F)c34)C(=O)N2C1. The maximum Gasteiger partial charge on any atom is 0.326 e. The zero-order chi connectivity index (χ0) is 23.5. The molecule has 2 amide bonds. The summed E-state index contributed by atoms with van der Waals surface area (Å²) >= 11 is 6.16. The molecule has 33 heavy (non-hydrogen) atoms. The Kier molecular flexibility index (Phi) is 5.30. The van der Waals surface area contributed by atoms with Gasteiger partial charge in [-0.1, -0.05) is 22.8 Å². The van der Waals surface area contributed by atoms with Crippen LogP contribution in [-0.2, 0) is 10.0 Å². The van der Waals surface area contributed by atoms with E-state index in [1.165, 1.54) is 23.1 Å². The second-order valence-electron chi connectivity index (χ2n) is 8.08. The highest BCUT2D eigenvalue weighted by atomic mass is 35.5. The average Bonchev–Trinajstić information content (AvgIpc) is 3.41. The van der Waals surface area contributed by atoms with Gasteiger partial charge in [0.25, 0.3) is 0 Å². The molecular formula is C21H19ClF2N4O4S. The molecule has 8 nitrogen and oxygen atoms in total. The van der Waals surface area contributed by atoms with Crippen LogP contribution in [0, 0.1) is 11.6 Å². The van der Waals surface area contributed by atoms with E-state index in [1.54, 1.807) is 11.8 Å². The predicted molar refractivity (Wildman–Crippen MR) is 119 cm³/mol. The fourth-order valence-electron chi connectivity index (χ4n) is 4.53. The van der Waals surface area contributed by atoms with Gasteiger partial charge < -0.3 is 9.42 Å². The molecule has 1 N–H and O–H groups in total. The molecule has 2 fully saturated rings. The molecule has 0 radical (unpaired) electrons. The van der Waals surface area contributed by atoms with Crippen LogP contribution in [0.5, 0.6) is 0 Å². The smallest absolute Gasteiger partial charge is 0.326 e. The molecule has 2 aromatic carbocycles. The van der Waals surface area contributed by atoms with Gasteiger partial charge in [-0.25, -0.2) is 26.7 Å². The molecule has 3 aromatic rings. The van der Waals surface area contributed by atoms with Crippen molar-refractivity contribution in [3.8, 4) is 11.1 Å². The fourth-order valence-corrected chi connectivity index (χ4v) is 5.58. The van der Waals surface area contributed by atoms with Crippen molar-refractivity contribution in [3.05, 3.63) is 47.0 Å². The molecular weight excluding hydrogens is 478 g/mol. The van der Waals surface area contributed by atoms with Gasteiger partial charge in [0, 0.05) is 35.8 Å². The number of sulfonamides is 1. The molecule has 174 valence electrons. The van der Waals surface area contributed by atoms with Crippen LogP contribution in [0.3, 0.4) is 0 Å². The highest BCUT2D eigenvalue weighted by molar-refractivity contribution is 7.89. The number of hydrogen-bond acceptors (Lipinski definition) is 5. The van der Waals surface area contributed by atoms with Gasteiger partial charge in [0.05, 0.1) is 22.7 Å². The Morgan fingerprint density at radius 3 is 2.64 bits per heavy atom. The van der Waals surface area contributed by atoms with Crippen molar-refractivity contribution in [1.29, 1.82) is 0 Å². The second kappa shape index (κ2) is 7.93. The summed E-state index contributed by atoms with van der Waals surface area (Å²) in [6.45, 7) is 1.99. The van der Waals surface area contributed by atoms with Crippen LogP contribution in [0.15, 0.2) is 34.9 Å². The van der Waals surface area contributed by atoms with Crippen LogP contribution < -0.4 is 9.62 Å². The average molecular weight is 497 g/mol. The first kappa shape index (κ1) is 22.1. The number of urea groups is 1. The van der Waals surface area contributed by atoms with Crippen LogP contribution >= 0.6 is 11.6 Å². The summed E-state index contributed by atoms with van der Waals surface area (Å²) in [6.07, 6.45) is 0.442. The molecule has 1 aromatic heterocycles. The largest absolute Gasteiger partial charge is 0.354 e. The zero-order valence-electron chi connectivity index (χ0n) is 17.4. The van der Waals surface area contributed by atoms with Gasteiger partial charge in [0.1, 0.15) is 11.6 Å². The van der Waals surface area contributed by atoms with Crippen molar-refractivity contribution in [2.24, 2.45) is 0 Å². The first-order valence-electron chi connectivity index (χ1n) is 10.3. The lowest BCUT2D eigenvalue weighted by molar-refractivity contribution is 0.218. The normalized spacial score (nSPS) is 20.8. The van der Waals surface area contributed by atoms with Crippen molar-refractivity contribution in [2.75, 3.05) is 23.7 Å². The first-order chi connectivity index (χ1) is 15.7. The lowest BCUT2D eigenvalue weighted by Crippen LogP contribution is -2.41.